The van der Waals surface area contributed by atoms with E-state index >= 15 is 0 Å². The summed E-state index contributed by atoms with van der Waals surface area (Å²) in [5.41, 5.74) is 3.45. The second-order valence-electron chi connectivity index (χ2n) is 5.72. The van der Waals surface area contributed by atoms with Crippen LogP contribution in [0.15, 0.2) is 48.5 Å². The molecule has 128 valence electrons. The highest BCUT2D eigenvalue weighted by Crippen LogP contribution is 2.15. The molecule has 0 saturated carbocycles. The summed E-state index contributed by atoms with van der Waals surface area (Å²) in [6.07, 6.45) is 0. The molecule has 0 heterocycles. The molecule has 2 aromatic carbocycles. The van der Waals surface area contributed by atoms with Gasteiger partial charge in [0.05, 0.1) is 0 Å². The molecule has 0 aliphatic carbocycles. The summed E-state index contributed by atoms with van der Waals surface area (Å²) < 4.78 is 5.47. The van der Waals surface area contributed by atoms with Gasteiger partial charge in [-0.2, -0.15) is 0 Å². The number of ether oxygens (including phenoxy) is 1. The maximum atomic E-state index is 11.9. The number of hydrogen-bond donors (Lipinski definition) is 1. The van der Waals surface area contributed by atoms with Crippen molar-refractivity contribution in [3.63, 3.8) is 0 Å². The van der Waals surface area contributed by atoms with Gasteiger partial charge in [-0.05, 0) is 50.6 Å². The van der Waals surface area contributed by atoms with Crippen LogP contribution < -0.4 is 15.0 Å². The van der Waals surface area contributed by atoms with Crippen molar-refractivity contribution in [3.05, 3.63) is 59.7 Å². The molecule has 0 radical (unpaired) electrons. The lowest BCUT2D eigenvalue weighted by molar-refractivity contribution is -0.123. The Hall–Kier alpha value is -2.49. The van der Waals surface area contributed by atoms with E-state index in [0.717, 1.165) is 18.7 Å². The zero-order valence-corrected chi connectivity index (χ0v) is 14.7. The minimum atomic E-state index is -0.122. The number of nitrogens with zero attached hydrogens (tertiary/aromatic N) is 1. The topological polar surface area (TPSA) is 41.6 Å². The minimum absolute atomic E-state index is 0.0284. The Kier molecular flexibility index (Phi) is 6.67. The van der Waals surface area contributed by atoms with Crippen LogP contribution in [0.5, 0.6) is 5.75 Å². The van der Waals surface area contributed by atoms with Crippen LogP contribution in [0.25, 0.3) is 0 Å². The van der Waals surface area contributed by atoms with Crippen LogP contribution in [0.2, 0.25) is 0 Å². The standard InChI is InChI=1S/C20H26N2O2/c1-4-22(5-2)18-10-8-17(9-11-18)14-21-20(23)15-24-19-12-6-16(3)7-13-19/h6-13H,4-5,14-15H2,1-3H3,(H,21,23). The average Bonchev–Trinajstić information content (AvgIpc) is 2.61. The van der Waals surface area contributed by atoms with E-state index < -0.39 is 0 Å². The van der Waals surface area contributed by atoms with Crippen molar-refractivity contribution in [1.82, 2.24) is 5.32 Å². The summed E-state index contributed by atoms with van der Waals surface area (Å²) in [6, 6.07) is 16.0. The van der Waals surface area contributed by atoms with Gasteiger partial charge in [-0.15, -0.1) is 0 Å². The number of carbonyl (C=O) groups excluding carboxylic acids is 1. The van der Waals surface area contributed by atoms with Crippen LogP contribution in [-0.2, 0) is 11.3 Å². The van der Waals surface area contributed by atoms with Crippen molar-refractivity contribution >= 4 is 11.6 Å². The van der Waals surface area contributed by atoms with Crippen LogP contribution >= 0.6 is 0 Å². The molecule has 2 aromatic rings. The Morgan fingerprint density at radius 3 is 2.21 bits per heavy atom. The van der Waals surface area contributed by atoms with Crippen LogP contribution in [0, 0.1) is 6.92 Å². The Labute approximate surface area is 144 Å². The second kappa shape index (κ2) is 8.96. The first-order valence-electron chi connectivity index (χ1n) is 8.42. The largest absolute Gasteiger partial charge is 0.484 e. The number of nitrogens with one attached hydrogen (secondary N) is 1. The third-order valence-corrected chi connectivity index (χ3v) is 3.95. The zero-order chi connectivity index (χ0) is 17.4. The molecule has 0 spiro atoms. The highest BCUT2D eigenvalue weighted by atomic mass is 16.5. The van der Waals surface area contributed by atoms with Gasteiger partial charge in [0.25, 0.3) is 5.91 Å². The lowest BCUT2D eigenvalue weighted by Gasteiger charge is -2.21. The maximum Gasteiger partial charge on any atom is 0.258 e. The van der Waals surface area contributed by atoms with Crippen molar-refractivity contribution in [2.75, 3.05) is 24.6 Å². The van der Waals surface area contributed by atoms with Crippen molar-refractivity contribution in [2.24, 2.45) is 0 Å². The van der Waals surface area contributed by atoms with E-state index in [4.69, 9.17) is 4.74 Å². The number of amides is 1. The maximum absolute atomic E-state index is 11.9. The van der Waals surface area contributed by atoms with E-state index in [9.17, 15) is 4.79 Å². The lowest BCUT2D eigenvalue weighted by atomic mass is 10.2. The van der Waals surface area contributed by atoms with E-state index in [-0.39, 0.29) is 12.5 Å². The number of rotatable bonds is 8. The monoisotopic (exact) mass is 326 g/mol. The minimum Gasteiger partial charge on any atom is -0.484 e. The van der Waals surface area contributed by atoms with Gasteiger partial charge in [-0.25, -0.2) is 0 Å². The number of hydrogen-bond acceptors (Lipinski definition) is 3. The third-order valence-electron chi connectivity index (χ3n) is 3.95. The summed E-state index contributed by atoms with van der Waals surface area (Å²) in [7, 11) is 0. The quantitative estimate of drug-likeness (QED) is 0.807. The molecule has 0 unspecified atom stereocenters. The predicted molar refractivity (Wildman–Crippen MR) is 98.5 cm³/mol. The van der Waals surface area contributed by atoms with Gasteiger partial charge >= 0.3 is 0 Å². The SMILES string of the molecule is CCN(CC)c1ccc(CNC(=O)COc2ccc(C)cc2)cc1. The van der Waals surface area contributed by atoms with Crippen LogP contribution in [0.3, 0.4) is 0 Å². The van der Waals surface area contributed by atoms with Gasteiger partial charge in [-0.3, -0.25) is 4.79 Å². The summed E-state index contributed by atoms with van der Waals surface area (Å²) in [5, 5.41) is 2.88. The van der Waals surface area contributed by atoms with E-state index in [1.165, 1.54) is 11.3 Å². The molecule has 24 heavy (non-hydrogen) atoms. The highest BCUT2D eigenvalue weighted by molar-refractivity contribution is 5.77. The third kappa shape index (κ3) is 5.30. The van der Waals surface area contributed by atoms with Crippen LogP contribution in [0.4, 0.5) is 5.69 Å². The fourth-order valence-electron chi connectivity index (χ4n) is 2.45. The Balaban J connectivity index is 1.78. The van der Waals surface area contributed by atoms with E-state index in [1.807, 2.05) is 31.2 Å². The highest BCUT2D eigenvalue weighted by Gasteiger charge is 2.04. The van der Waals surface area contributed by atoms with Gasteiger partial charge in [0.1, 0.15) is 5.75 Å². The van der Waals surface area contributed by atoms with Crippen molar-refractivity contribution in [1.29, 1.82) is 0 Å². The van der Waals surface area contributed by atoms with E-state index in [2.05, 4.69) is 48.3 Å². The first-order valence-corrected chi connectivity index (χ1v) is 8.42. The molecule has 0 fully saturated rings. The van der Waals surface area contributed by atoms with E-state index in [0.29, 0.717) is 12.3 Å². The molecule has 0 aliphatic rings. The summed E-state index contributed by atoms with van der Waals surface area (Å²) >= 11 is 0. The molecule has 0 aromatic heterocycles. The molecule has 0 atom stereocenters. The van der Waals surface area contributed by atoms with Gasteiger partial charge in [0.15, 0.2) is 6.61 Å². The normalized spacial score (nSPS) is 10.3. The van der Waals surface area contributed by atoms with Crippen molar-refractivity contribution in [2.45, 2.75) is 27.3 Å². The lowest BCUT2D eigenvalue weighted by Crippen LogP contribution is -2.28. The molecule has 0 bridgehead atoms. The molecule has 1 N–H and O–H groups in total. The Morgan fingerprint density at radius 1 is 1.00 bits per heavy atom. The smallest absolute Gasteiger partial charge is 0.258 e. The summed E-state index contributed by atoms with van der Waals surface area (Å²) in [6.45, 7) is 8.82. The Morgan fingerprint density at radius 2 is 1.62 bits per heavy atom. The fourth-order valence-corrected chi connectivity index (χ4v) is 2.45. The number of benzene rings is 2. The van der Waals surface area contributed by atoms with Gasteiger partial charge < -0.3 is 15.0 Å². The summed E-state index contributed by atoms with van der Waals surface area (Å²) in [4.78, 5) is 14.2. The first-order chi connectivity index (χ1) is 11.6. The molecule has 4 nitrogen and oxygen atoms in total. The fraction of sp³-hybridized carbons (Fsp3) is 0.350. The Bertz CT molecular complexity index is 632. The van der Waals surface area contributed by atoms with Gasteiger partial charge in [0.2, 0.25) is 0 Å². The van der Waals surface area contributed by atoms with Crippen LogP contribution in [0.1, 0.15) is 25.0 Å². The second-order valence-corrected chi connectivity index (χ2v) is 5.72. The molecule has 2 rings (SSSR count). The molecular formula is C20H26N2O2. The number of anilines is 1. The number of carbonyl (C=O) groups is 1. The van der Waals surface area contributed by atoms with Crippen LogP contribution in [-0.4, -0.2) is 25.6 Å². The zero-order valence-electron chi connectivity index (χ0n) is 14.7. The van der Waals surface area contributed by atoms with Crippen molar-refractivity contribution < 1.29 is 9.53 Å². The number of aryl methyl sites for hydroxylation is 1. The molecule has 1 amide bonds. The molecule has 0 saturated heterocycles. The average molecular weight is 326 g/mol. The molecular weight excluding hydrogens is 300 g/mol. The predicted octanol–water partition coefficient (Wildman–Crippen LogP) is 3.54. The molecule has 4 heteroatoms. The first kappa shape index (κ1) is 17.9. The van der Waals surface area contributed by atoms with E-state index in [1.54, 1.807) is 0 Å². The van der Waals surface area contributed by atoms with Gasteiger partial charge in [-0.1, -0.05) is 29.8 Å². The summed E-state index contributed by atoms with van der Waals surface area (Å²) in [5.74, 6) is 0.586. The van der Waals surface area contributed by atoms with Gasteiger partial charge in [0, 0.05) is 25.3 Å². The molecule has 0 aliphatic heterocycles. The van der Waals surface area contributed by atoms with Crippen molar-refractivity contribution in [3.8, 4) is 5.75 Å².